The van der Waals surface area contributed by atoms with E-state index in [1.54, 1.807) is 36.4 Å². The molecule has 0 bridgehead atoms. The number of carbonyl (C=O) groups excluding carboxylic acids is 4. The molecule has 0 saturated carbocycles. The van der Waals surface area contributed by atoms with Crippen LogP contribution in [-0.4, -0.2) is 23.9 Å². The van der Waals surface area contributed by atoms with Gasteiger partial charge in [-0.1, -0.05) is 12.2 Å². The highest BCUT2D eigenvalue weighted by molar-refractivity contribution is 5.79. The molecule has 0 radical (unpaired) electrons. The monoisotopic (exact) mass is 412 g/mol. The van der Waals surface area contributed by atoms with E-state index in [1.807, 2.05) is 0 Å². The smallest absolute Gasteiger partial charge is 0.308 e. The van der Waals surface area contributed by atoms with E-state index in [1.165, 1.54) is 39.8 Å². The van der Waals surface area contributed by atoms with E-state index in [4.69, 9.17) is 18.9 Å². The van der Waals surface area contributed by atoms with E-state index >= 15 is 0 Å². The van der Waals surface area contributed by atoms with Gasteiger partial charge in [-0.05, 0) is 29.8 Å². The van der Waals surface area contributed by atoms with Crippen LogP contribution in [0.4, 0.5) is 0 Å². The molecule has 0 unspecified atom stereocenters. The average Bonchev–Trinajstić information content (AvgIpc) is 2.58. The number of hydrogen-bond acceptors (Lipinski definition) is 8. The molecule has 2 rings (SSSR count). The molecule has 0 spiro atoms. The van der Waals surface area contributed by atoms with Crippen molar-refractivity contribution in [2.45, 2.75) is 27.7 Å². The van der Waals surface area contributed by atoms with Gasteiger partial charge in [-0.2, -0.15) is 0 Å². The van der Waals surface area contributed by atoms with E-state index in [2.05, 4.69) is 0 Å². The third kappa shape index (κ3) is 7.23. The Balaban J connectivity index is 2.41. The number of ether oxygens (including phenoxy) is 4. The van der Waals surface area contributed by atoms with E-state index in [-0.39, 0.29) is 23.0 Å². The Morgan fingerprint density at radius 1 is 0.600 bits per heavy atom. The summed E-state index contributed by atoms with van der Waals surface area (Å²) < 4.78 is 20.3. The Labute approximate surface area is 173 Å². The van der Waals surface area contributed by atoms with E-state index in [9.17, 15) is 19.2 Å². The van der Waals surface area contributed by atoms with Gasteiger partial charge in [0.15, 0.2) is 0 Å². The second-order valence-electron chi connectivity index (χ2n) is 6.15. The summed E-state index contributed by atoms with van der Waals surface area (Å²) in [5.74, 6) is -1.28. The van der Waals surface area contributed by atoms with Gasteiger partial charge in [0.05, 0.1) is 0 Å². The second kappa shape index (κ2) is 10.0. The number of hydrogen-bond donors (Lipinski definition) is 0. The highest BCUT2D eigenvalue weighted by Gasteiger charge is 2.09. The molecule has 0 aliphatic carbocycles. The first-order chi connectivity index (χ1) is 14.1. The maximum absolute atomic E-state index is 11.4. The lowest BCUT2D eigenvalue weighted by Gasteiger charge is -2.09. The number of benzene rings is 2. The Morgan fingerprint density at radius 2 is 1.10 bits per heavy atom. The molecule has 0 fully saturated rings. The van der Waals surface area contributed by atoms with Crippen LogP contribution in [0, 0.1) is 0 Å². The first kappa shape index (κ1) is 22.4. The van der Waals surface area contributed by atoms with Gasteiger partial charge in [-0.3, -0.25) is 19.2 Å². The van der Waals surface area contributed by atoms with Crippen molar-refractivity contribution in [3.05, 3.63) is 47.5 Å². The van der Waals surface area contributed by atoms with Gasteiger partial charge in [-0.25, -0.2) is 0 Å². The molecule has 0 amide bonds. The van der Waals surface area contributed by atoms with Crippen molar-refractivity contribution in [1.29, 1.82) is 0 Å². The normalized spacial score (nSPS) is 10.4. The van der Waals surface area contributed by atoms with Gasteiger partial charge >= 0.3 is 23.9 Å². The van der Waals surface area contributed by atoms with E-state index in [0.29, 0.717) is 11.1 Å². The molecule has 0 N–H and O–H groups in total. The lowest BCUT2D eigenvalue weighted by molar-refractivity contribution is -0.133. The maximum atomic E-state index is 11.4. The topological polar surface area (TPSA) is 105 Å². The largest absolute Gasteiger partial charge is 0.427 e. The van der Waals surface area contributed by atoms with Gasteiger partial charge in [-0.15, -0.1) is 0 Å². The number of carbonyl (C=O) groups is 4. The zero-order valence-electron chi connectivity index (χ0n) is 16.9. The summed E-state index contributed by atoms with van der Waals surface area (Å²) in [6, 6.07) is 9.14. The van der Waals surface area contributed by atoms with Crippen LogP contribution in [0.3, 0.4) is 0 Å². The van der Waals surface area contributed by atoms with Crippen molar-refractivity contribution in [2.75, 3.05) is 0 Å². The standard InChI is InChI=1S/C22H20O8/c1-13(23)27-19-8-7-18(22(12-19)30-16(4)26)6-5-17-9-20(28-14(2)24)11-21(10-17)29-15(3)25/h5-12H,1-4H3. The molecule has 0 aliphatic heterocycles. The minimum absolute atomic E-state index is 0.189. The molecule has 156 valence electrons. The van der Waals surface area contributed by atoms with Crippen LogP contribution >= 0.6 is 0 Å². The molecule has 0 aromatic heterocycles. The fourth-order valence-electron chi connectivity index (χ4n) is 2.45. The van der Waals surface area contributed by atoms with Crippen molar-refractivity contribution >= 4 is 36.0 Å². The second-order valence-corrected chi connectivity index (χ2v) is 6.15. The molecule has 30 heavy (non-hydrogen) atoms. The summed E-state index contributed by atoms with van der Waals surface area (Å²) in [6.07, 6.45) is 3.29. The Kier molecular flexibility index (Phi) is 7.46. The predicted octanol–water partition coefficient (Wildman–Crippen LogP) is 3.56. The molecule has 2 aromatic rings. The summed E-state index contributed by atoms with van der Waals surface area (Å²) in [5, 5.41) is 0. The van der Waals surface area contributed by atoms with Gasteiger partial charge in [0.1, 0.15) is 23.0 Å². The lowest BCUT2D eigenvalue weighted by Crippen LogP contribution is -2.05. The molecule has 2 aromatic carbocycles. The van der Waals surface area contributed by atoms with Crippen molar-refractivity contribution in [2.24, 2.45) is 0 Å². The Morgan fingerprint density at radius 3 is 1.60 bits per heavy atom. The number of esters is 4. The first-order valence-corrected chi connectivity index (χ1v) is 8.83. The first-order valence-electron chi connectivity index (χ1n) is 8.83. The highest BCUT2D eigenvalue weighted by atomic mass is 16.6. The average molecular weight is 412 g/mol. The highest BCUT2D eigenvalue weighted by Crippen LogP contribution is 2.29. The molecule has 8 nitrogen and oxygen atoms in total. The molecule has 8 heteroatoms. The fraction of sp³-hybridized carbons (Fsp3) is 0.182. The summed E-state index contributed by atoms with van der Waals surface area (Å²) in [5.41, 5.74) is 1.08. The summed E-state index contributed by atoms with van der Waals surface area (Å²) in [6.45, 7) is 5.02. The Bertz CT molecular complexity index is 986. The minimum atomic E-state index is -0.543. The quantitative estimate of drug-likeness (QED) is 0.403. The fourth-order valence-corrected chi connectivity index (χ4v) is 2.45. The molecule has 0 aliphatic rings. The minimum Gasteiger partial charge on any atom is -0.427 e. The van der Waals surface area contributed by atoms with Crippen molar-refractivity contribution in [1.82, 2.24) is 0 Å². The SMILES string of the molecule is CC(=O)Oc1cc(C=Cc2ccc(OC(C)=O)cc2OC(C)=O)cc(OC(C)=O)c1. The van der Waals surface area contributed by atoms with Crippen LogP contribution < -0.4 is 18.9 Å². The summed E-state index contributed by atoms with van der Waals surface area (Å²) >= 11 is 0. The van der Waals surface area contributed by atoms with Crippen LogP contribution in [0.15, 0.2) is 36.4 Å². The molecule has 0 heterocycles. The van der Waals surface area contributed by atoms with Gasteiger partial charge in [0.2, 0.25) is 0 Å². The van der Waals surface area contributed by atoms with Crippen molar-refractivity contribution in [3.63, 3.8) is 0 Å². The van der Waals surface area contributed by atoms with Gasteiger partial charge in [0.25, 0.3) is 0 Å². The van der Waals surface area contributed by atoms with E-state index < -0.39 is 23.9 Å². The zero-order chi connectivity index (χ0) is 22.3. The molecular weight excluding hydrogens is 392 g/mol. The molecule has 0 atom stereocenters. The predicted molar refractivity (Wildman–Crippen MR) is 107 cm³/mol. The molecular formula is C22H20O8. The summed E-state index contributed by atoms with van der Waals surface area (Å²) in [4.78, 5) is 45.1. The van der Waals surface area contributed by atoms with Crippen LogP contribution in [0.1, 0.15) is 38.8 Å². The summed E-state index contributed by atoms with van der Waals surface area (Å²) in [7, 11) is 0. The third-order valence-corrected chi connectivity index (χ3v) is 3.38. The Hall–Kier alpha value is -3.94. The van der Waals surface area contributed by atoms with Crippen LogP contribution in [0.25, 0.3) is 12.2 Å². The number of rotatable bonds is 6. The molecule has 0 saturated heterocycles. The van der Waals surface area contributed by atoms with Gasteiger partial charge < -0.3 is 18.9 Å². The van der Waals surface area contributed by atoms with Crippen LogP contribution in [-0.2, 0) is 19.2 Å². The van der Waals surface area contributed by atoms with Crippen LogP contribution in [0.2, 0.25) is 0 Å². The van der Waals surface area contributed by atoms with Crippen LogP contribution in [0.5, 0.6) is 23.0 Å². The third-order valence-electron chi connectivity index (χ3n) is 3.38. The zero-order valence-corrected chi connectivity index (χ0v) is 16.9. The van der Waals surface area contributed by atoms with Crippen molar-refractivity contribution in [3.8, 4) is 23.0 Å². The van der Waals surface area contributed by atoms with E-state index in [0.717, 1.165) is 0 Å². The maximum Gasteiger partial charge on any atom is 0.308 e. The lowest BCUT2D eigenvalue weighted by atomic mass is 10.1. The van der Waals surface area contributed by atoms with Crippen molar-refractivity contribution < 1.29 is 38.1 Å². The van der Waals surface area contributed by atoms with Gasteiger partial charge in [0, 0.05) is 45.4 Å².